The van der Waals surface area contributed by atoms with E-state index in [2.05, 4.69) is 6.92 Å². The first kappa shape index (κ1) is 26.7. The van der Waals surface area contributed by atoms with Crippen LogP contribution in [0.25, 0.3) is 0 Å². The number of aliphatic hydroxyl groups is 1. The third kappa shape index (κ3) is 18.1. The van der Waals surface area contributed by atoms with Gasteiger partial charge in [0.25, 0.3) is 0 Å². The van der Waals surface area contributed by atoms with Crippen molar-refractivity contribution < 1.29 is 69.5 Å². The molecule has 0 rings (SSSR count). The molecule has 0 aliphatic heterocycles. The molecule has 0 radical (unpaired) electrons. The van der Waals surface area contributed by atoms with Gasteiger partial charge in [-0.1, -0.05) is 64.7 Å². The van der Waals surface area contributed by atoms with Gasteiger partial charge in [-0.15, -0.1) is 0 Å². The van der Waals surface area contributed by atoms with Gasteiger partial charge >= 0.3 is 51.4 Å². The first-order valence-corrected chi connectivity index (χ1v) is 10.5. The molecule has 2 atom stereocenters. The molecule has 0 amide bonds. The molecule has 0 saturated carbocycles. The van der Waals surface area contributed by atoms with E-state index in [4.69, 9.17) is 0 Å². The molecule has 0 aliphatic carbocycles. The predicted octanol–water partition coefficient (Wildman–Crippen LogP) is 1.38. The van der Waals surface area contributed by atoms with Crippen LogP contribution in [-0.2, 0) is 10.1 Å². The van der Waals surface area contributed by atoms with Crippen LogP contribution >= 0.6 is 0 Å². The van der Waals surface area contributed by atoms with E-state index < -0.39 is 15.4 Å². The second-order valence-electron chi connectivity index (χ2n) is 6.51. The minimum atomic E-state index is -4.17. The molecule has 0 heterocycles. The predicted molar refractivity (Wildman–Crippen MR) is 90.9 cm³/mol. The second-order valence-corrected chi connectivity index (χ2v) is 8.30. The van der Waals surface area contributed by atoms with Crippen LogP contribution in [0.1, 0.15) is 97.3 Å². The summed E-state index contributed by atoms with van der Waals surface area (Å²) in [5.74, 6) is 0. The maximum Gasteiger partial charge on any atom is 1.00 e. The summed E-state index contributed by atoms with van der Waals surface area (Å²) >= 11 is 0. The number of aliphatic hydroxyl groups excluding tert-OH is 1. The average Bonchev–Trinajstić information content (AvgIpc) is 2.44. The van der Waals surface area contributed by atoms with Crippen molar-refractivity contribution in [1.82, 2.24) is 0 Å². The third-order valence-corrected chi connectivity index (χ3v) is 5.50. The molecule has 6 heteroatoms. The van der Waals surface area contributed by atoms with Crippen molar-refractivity contribution in [3.8, 4) is 0 Å². The molecule has 0 saturated heterocycles. The summed E-state index contributed by atoms with van der Waals surface area (Å²) in [4.78, 5) is 0. The summed E-state index contributed by atoms with van der Waals surface area (Å²) in [6.45, 7) is 3.67. The minimum absolute atomic E-state index is 0. The van der Waals surface area contributed by atoms with E-state index in [9.17, 15) is 18.1 Å². The van der Waals surface area contributed by atoms with Gasteiger partial charge < -0.3 is 9.66 Å². The molecule has 2 unspecified atom stereocenters. The average molecular weight is 375 g/mol. The Morgan fingerprint density at radius 2 is 1.26 bits per heavy atom. The van der Waals surface area contributed by atoms with Gasteiger partial charge in [0.15, 0.2) is 0 Å². The van der Waals surface area contributed by atoms with E-state index in [0.717, 1.165) is 19.3 Å². The smallest absolute Gasteiger partial charge is 0.748 e. The minimum Gasteiger partial charge on any atom is -0.748 e. The Hall–Kier alpha value is 1.51. The summed E-state index contributed by atoms with van der Waals surface area (Å²) in [5.41, 5.74) is 0. The van der Waals surface area contributed by atoms with Crippen LogP contribution in [0.3, 0.4) is 0 Å². The van der Waals surface area contributed by atoms with Crippen molar-refractivity contribution in [3.63, 3.8) is 0 Å². The number of unbranched alkanes of at least 4 members (excludes halogenated alkanes) is 8. The molecule has 0 aromatic carbocycles. The molecular weight excluding hydrogens is 339 g/mol. The van der Waals surface area contributed by atoms with E-state index in [1.165, 1.54) is 51.9 Å². The monoisotopic (exact) mass is 374 g/mol. The van der Waals surface area contributed by atoms with E-state index >= 15 is 0 Å². The van der Waals surface area contributed by atoms with E-state index in [1.807, 2.05) is 0 Å². The van der Waals surface area contributed by atoms with Crippen LogP contribution in [0.4, 0.5) is 0 Å². The summed E-state index contributed by atoms with van der Waals surface area (Å²) in [6, 6.07) is 0. The Morgan fingerprint density at radius 1 is 0.826 bits per heavy atom. The van der Waals surface area contributed by atoms with Gasteiger partial charge in [-0.3, -0.25) is 0 Å². The van der Waals surface area contributed by atoms with Gasteiger partial charge in [0.2, 0.25) is 0 Å². The Balaban J connectivity index is 0. The van der Waals surface area contributed by atoms with E-state index in [-0.39, 0.29) is 57.5 Å². The van der Waals surface area contributed by atoms with Crippen molar-refractivity contribution in [2.45, 2.75) is 109 Å². The molecular formula is C17H35KO4S. The molecule has 0 aromatic heterocycles. The van der Waals surface area contributed by atoms with Crippen LogP contribution in [0.2, 0.25) is 0 Å². The Labute approximate surface area is 186 Å². The van der Waals surface area contributed by atoms with Crippen molar-refractivity contribution in [2.75, 3.05) is 0 Å². The zero-order valence-corrected chi connectivity index (χ0v) is 19.4. The van der Waals surface area contributed by atoms with Gasteiger partial charge in [0, 0.05) is 5.25 Å². The van der Waals surface area contributed by atoms with Gasteiger partial charge in [0.1, 0.15) is 0 Å². The molecule has 0 spiro atoms. The molecule has 1 N–H and O–H groups in total. The fourth-order valence-electron chi connectivity index (χ4n) is 2.62. The van der Waals surface area contributed by atoms with Crippen LogP contribution < -0.4 is 51.4 Å². The first-order valence-electron chi connectivity index (χ1n) is 9.00. The molecule has 0 aliphatic rings. The first-order chi connectivity index (χ1) is 10.4. The van der Waals surface area contributed by atoms with Crippen molar-refractivity contribution in [2.24, 2.45) is 0 Å². The van der Waals surface area contributed by atoms with Crippen LogP contribution in [0, 0.1) is 0 Å². The number of rotatable bonds is 15. The quantitative estimate of drug-likeness (QED) is 0.267. The maximum atomic E-state index is 10.7. The third-order valence-electron chi connectivity index (χ3n) is 4.28. The van der Waals surface area contributed by atoms with Crippen molar-refractivity contribution in [3.05, 3.63) is 0 Å². The fraction of sp³-hybridized carbons (Fsp3) is 1.00. The molecule has 23 heavy (non-hydrogen) atoms. The van der Waals surface area contributed by atoms with Gasteiger partial charge in [-0.05, 0) is 32.6 Å². The Kier molecular flexibility index (Phi) is 19.7. The standard InChI is InChI=1S/C17H36O4S.K/c1-3-4-5-6-7-8-9-10-11-14-17(18)15-12-13-16(2)22(19,20)21;/h16-18H,3-15H2,1-2H3,(H,19,20,21);/q;+1/p-1. The topological polar surface area (TPSA) is 77.4 Å². The van der Waals surface area contributed by atoms with Crippen molar-refractivity contribution in [1.29, 1.82) is 0 Å². The van der Waals surface area contributed by atoms with E-state index in [1.54, 1.807) is 0 Å². The summed E-state index contributed by atoms with van der Waals surface area (Å²) in [6.07, 6.45) is 13.4. The van der Waals surface area contributed by atoms with Gasteiger partial charge in [-0.2, -0.15) is 0 Å². The Bertz CT molecular complexity index is 347. The normalized spacial score (nSPS) is 14.3. The SMILES string of the molecule is CCCCCCCCCCCC(O)CCCC(C)S(=O)(=O)[O-].[K+]. The van der Waals surface area contributed by atoms with Gasteiger partial charge in [-0.25, -0.2) is 8.42 Å². The second kappa shape index (κ2) is 16.9. The fourth-order valence-corrected chi connectivity index (χ4v) is 3.08. The molecule has 0 bridgehead atoms. The molecule has 0 aromatic rings. The van der Waals surface area contributed by atoms with Crippen LogP contribution in [0.5, 0.6) is 0 Å². The zero-order chi connectivity index (χ0) is 16.8. The van der Waals surface area contributed by atoms with E-state index in [0.29, 0.717) is 19.3 Å². The molecule has 134 valence electrons. The largest absolute Gasteiger partial charge is 1.00 e. The van der Waals surface area contributed by atoms with Gasteiger partial charge in [0.05, 0.1) is 16.2 Å². The number of hydrogen-bond donors (Lipinski definition) is 1. The molecule has 4 nitrogen and oxygen atoms in total. The summed E-state index contributed by atoms with van der Waals surface area (Å²) < 4.78 is 32.2. The molecule has 0 fully saturated rings. The van der Waals surface area contributed by atoms with Crippen LogP contribution in [-0.4, -0.2) is 29.4 Å². The van der Waals surface area contributed by atoms with Crippen molar-refractivity contribution >= 4 is 10.1 Å². The summed E-state index contributed by atoms with van der Waals surface area (Å²) in [5, 5.41) is 9.00. The number of hydrogen-bond acceptors (Lipinski definition) is 4. The maximum absolute atomic E-state index is 10.7. The zero-order valence-electron chi connectivity index (χ0n) is 15.4. The Morgan fingerprint density at radius 3 is 1.74 bits per heavy atom. The van der Waals surface area contributed by atoms with Crippen LogP contribution in [0.15, 0.2) is 0 Å². The summed E-state index contributed by atoms with van der Waals surface area (Å²) in [7, 11) is -4.17.